The smallest absolute Gasteiger partial charge is 0.270 e. The molecule has 150 valence electrons. The zero-order chi connectivity index (χ0) is 20.4. The van der Waals surface area contributed by atoms with Crippen LogP contribution in [-0.2, 0) is 15.8 Å². The highest BCUT2D eigenvalue weighted by atomic mass is 32.2. The van der Waals surface area contributed by atoms with E-state index in [1.54, 1.807) is 6.07 Å². The van der Waals surface area contributed by atoms with Gasteiger partial charge in [-0.2, -0.15) is 4.31 Å². The van der Waals surface area contributed by atoms with Crippen LogP contribution in [0, 0.1) is 10.1 Å². The van der Waals surface area contributed by atoms with Crippen molar-refractivity contribution >= 4 is 32.4 Å². The summed E-state index contributed by atoms with van der Waals surface area (Å²) in [5.41, 5.74) is 1.48. The van der Waals surface area contributed by atoms with Crippen LogP contribution in [0.2, 0.25) is 0 Å². The molecule has 0 atom stereocenters. The fourth-order valence-corrected chi connectivity index (χ4v) is 4.98. The molecule has 0 spiro atoms. The SMILES string of the molecule is O=[N+]([O-])c1ccc2nc(N3CCN(S(=O)(=O)Cc4ccccc4)CC3)ccc2c1. The first-order chi connectivity index (χ1) is 13.9. The highest BCUT2D eigenvalue weighted by Crippen LogP contribution is 2.24. The Morgan fingerprint density at radius 1 is 0.966 bits per heavy atom. The second-order valence-corrected chi connectivity index (χ2v) is 8.90. The van der Waals surface area contributed by atoms with Crippen LogP contribution in [0.3, 0.4) is 0 Å². The largest absolute Gasteiger partial charge is 0.354 e. The Bertz CT molecular complexity index is 1140. The highest BCUT2D eigenvalue weighted by Gasteiger charge is 2.27. The number of non-ortho nitro benzene ring substituents is 1. The molecular formula is C20H20N4O4S. The fourth-order valence-electron chi connectivity index (χ4n) is 3.46. The Hall–Kier alpha value is -3.04. The van der Waals surface area contributed by atoms with Gasteiger partial charge in [-0.25, -0.2) is 13.4 Å². The van der Waals surface area contributed by atoms with Gasteiger partial charge in [0.1, 0.15) is 5.82 Å². The van der Waals surface area contributed by atoms with Crippen molar-refractivity contribution in [2.45, 2.75) is 5.75 Å². The Morgan fingerprint density at radius 3 is 2.38 bits per heavy atom. The summed E-state index contributed by atoms with van der Waals surface area (Å²) in [7, 11) is -3.37. The lowest BCUT2D eigenvalue weighted by atomic mass is 10.2. The van der Waals surface area contributed by atoms with Gasteiger partial charge in [0.2, 0.25) is 10.0 Å². The maximum absolute atomic E-state index is 12.7. The third-order valence-corrected chi connectivity index (χ3v) is 6.87. The minimum atomic E-state index is -3.37. The van der Waals surface area contributed by atoms with Crippen molar-refractivity contribution in [3.63, 3.8) is 0 Å². The van der Waals surface area contributed by atoms with Gasteiger partial charge < -0.3 is 4.90 Å². The number of fused-ring (bicyclic) bond motifs is 1. The molecule has 9 heteroatoms. The zero-order valence-corrected chi connectivity index (χ0v) is 16.5. The number of hydrogen-bond donors (Lipinski definition) is 0. The quantitative estimate of drug-likeness (QED) is 0.472. The van der Waals surface area contributed by atoms with E-state index in [0.717, 1.165) is 11.4 Å². The minimum absolute atomic E-state index is 0.000838. The van der Waals surface area contributed by atoms with Crippen LogP contribution in [0.4, 0.5) is 11.5 Å². The van der Waals surface area contributed by atoms with Gasteiger partial charge in [0, 0.05) is 43.7 Å². The second-order valence-electron chi connectivity index (χ2n) is 6.93. The summed E-state index contributed by atoms with van der Waals surface area (Å²) >= 11 is 0. The van der Waals surface area contributed by atoms with Crippen LogP contribution in [0.1, 0.15) is 5.56 Å². The Balaban J connectivity index is 1.45. The van der Waals surface area contributed by atoms with Gasteiger partial charge in [-0.1, -0.05) is 30.3 Å². The van der Waals surface area contributed by atoms with Crippen molar-refractivity contribution in [3.8, 4) is 0 Å². The summed E-state index contributed by atoms with van der Waals surface area (Å²) in [6.45, 7) is 1.88. The summed E-state index contributed by atoms with van der Waals surface area (Å²) in [5.74, 6) is 0.743. The highest BCUT2D eigenvalue weighted by molar-refractivity contribution is 7.88. The number of piperazine rings is 1. The van der Waals surface area contributed by atoms with E-state index in [-0.39, 0.29) is 11.4 Å². The number of sulfonamides is 1. The van der Waals surface area contributed by atoms with Gasteiger partial charge in [0.05, 0.1) is 16.2 Å². The third-order valence-electron chi connectivity index (χ3n) is 5.02. The molecule has 1 saturated heterocycles. The molecule has 3 aromatic rings. The van der Waals surface area contributed by atoms with Gasteiger partial charge in [-0.3, -0.25) is 10.1 Å². The van der Waals surface area contributed by atoms with Crippen LogP contribution >= 0.6 is 0 Å². The monoisotopic (exact) mass is 412 g/mol. The van der Waals surface area contributed by atoms with E-state index < -0.39 is 14.9 Å². The molecule has 0 N–H and O–H groups in total. The summed E-state index contributed by atoms with van der Waals surface area (Å²) < 4.78 is 26.9. The lowest BCUT2D eigenvalue weighted by Gasteiger charge is -2.34. The summed E-state index contributed by atoms with van der Waals surface area (Å²) in [4.78, 5) is 17.1. The maximum atomic E-state index is 12.7. The summed E-state index contributed by atoms with van der Waals surface area (Å²) in [6.07, 6.45) is 0. The van der Waals surface area contributed by atoms with Gasteiger partial charge in [0.15, 0.2) is 0 Å². The Labute approximate surface area is 168 Å². The van der Waals surface area contributed by atoms with Crippen molar-refractivity contribution in [3.05, 3.63) is 76.3 Å². The first kappa shape index (κ1) is 19.3. The molecule has 0 radical (unpaired) electrons. The molecule has 4 rings (SSSR count). The van der Waals surface area contributed by atoms with Gasteiger partial charge in [0.25, 0.3) is 5.69 Å². The number of hydrogen-bond acceptors (Lipinski definition) is 6. The normalized spacial score (nSPS) is 15.5. The van der Waals surface area contributed by atoms with Crippen LogP contribution in [0.5, 0.6) is 0 Å². The number of nitrogens with zero attached hydrogens (tertiary/aromatic N) is 4. The lowest BCUT2D eigenvalue weighted by molar-refractivity contribution is -0.384. The predicted molar refractivity (Wildman–Crippen MR) is 111 cm³/mol. The van der Waals surface area contributed by atoms with Crippen molar-refractivity contribution in [1.82, 2.24) is 9.29 Å². The molecular weight excluding hydrogens is 392 g/mol. The molecule has 1 aliphatic heterocycles. The number of benzene rings is 2. The fraction of sp³-hybridized carbons (Fsp3) is 0.250. The molecule has 29 heavy (non-hydrogen) atoms. The zero-order valence-electron chi connectivity index (χ0n) is 15.6. The van der Waals surface area contributed by atoms with Gasteiger partial charge in [-0.05, 0) is 23.8 Å². The molecule has 1 fully saturated rings. The van der Waals surface area contributed by atoms with E-state index in [1.165, 1.54) is 16.4 Å². The first-order valence-electron chi connectivity index (χ1n) is 9.24. The summed E-state index contributed by atoms with van der Waals surface area (Å²) in [5, 5.41) is 11.6. The standard InChI is InChI=1S/C20H20N4O4S/c25-24(26)18-7-8-19-17(14-18)6-9-20(21-19)22-10-12-23(13-11-22)29(27,28)15-16-4-2-1-3-5-16/h1-9,14H,10-13,15H2. The summed E-state index contributed by atoms with van der Waals surface area (Å²) in [6, 6.07) is 17.4. The molecule has 0 saturated carbocycles. The minimum Gasteiger partial charge on any atom is -0.354 e. The van der Waals surface area contributed by atoms with Gasteiger partial charge in [-0.15, -0.1) is 0 Å². The van der Waals surface area contributed by atoms with E-state index >= 15 is 0 Å². The number of rotatable bonds is 5. The van der Waals surface area contributed by atoms with E-state index in [4.69, 9.17) is 0 Å². The molecule has 2 aromatic carbocycles. The van der Waals surface area contributed by atoms with Crippen LogP contribution < -0.4 is 4.90 Å². The first-order valence-corrected chi connectivity index (χ1v) is 10.9. The van der Waals surface area contributed by atoms with Crippen LogP contribution in [-0.4, -0.2) is 48.8 Å². The topological polar surface area (TPSA) is 96.7 Å². The number of aromatic nitrogens is 1. The third kappa shape index (κ3) is 4.20. The van der Waals surface area contributed by atoms with Gasteiger partial charge >= 0.3 is 0 Å². The Morgan fingerprint density at radius 2 is 1.69 bits per heavy atom. The van der Waals surface area contributed by atoms with Crippen LogP contribution in [0.25, 0.3) is 10.9 Å². The Kier molecular flexibility index (Phi) is 5.16. The average molecular weight is 412 g/mol. The molecule has 2 heterocycles. The van der Waals surface area contributed by atoms with Crippen molar-refractivity contribution in [2.24, 2.45) is 0 Å². The molecule has 0 unspecified atom stereocenters. The number of nitro benzene ring substituents is 1. The molecule has 0 amide bonds. The van der Waals surface area contributed by atoms with Crippen molar-refractivity contribution < 1.29 is 13.3 Å². The van der Waals surface area contributed by atoms with E-state index in [1.807, 2.05) is 47.4 Å². The lowest BCUT2D eigenvalue weighted by Crippen LogP contribution is -2.49. The number of nitro groups is 1. The molecule has 8 nitrogen and oxygen atoms in total. The molecule has 0 bridgehead atoms. The van der Waals surface area contributed by atoms with E-state index in [9.17, 15) is 18.5 Å². The second kappa shape index (κ2) is 7.76. The number of pyridine rings is 1. The number of anilines is 1. The molecule has 1 aromatic heterocycles. The maximum Gasteiger partial charge on any atom is 0.270 e. The van der Waals surface area contributed by atoms with E-state index in [2.05, 4.69) is 4.98 Å². The van der Waals surface area contributed by atoms with Crippen molar-refractivity contribution in [2.75, 3.05) is 31.1 Å². The van der Waals surface area contributed by atoms with E-state index in [0.29, 0.717) is 37.1 Å². The molecule has 1 aliphatic rings. The average Bonchev–Trinajstić information content (AvgIpc) is 2.73. The van der Waals surface area contributed by atoms with Crippen LogP contribution in [0.15, 0.2) is 60.7 Å². The molecule has 0 aliphatic carbocycles. The predicted octanol–water partition coefficient (Wildman–Crippen LogP) is 2.80. The van der Waals surface area contributed by atoms with Crippen molar-refractivity contribution in [1.29, 1.82) is 0 Å².